The van der Waals surface area contributed by atoms with Crippen LogP contribution in [0.25, 0.3) is 0 Å². The van der Waals surface area contributed by atoms with Crippen LogP contribution in [-0.2, 0) is 0 Å². The van der Waals surface area contributed by atoms with Crippen molar-refractivity contribution in [2.45, 2.75) is 13.8 Å². The molecule has 0 amide bonds. The smallest absolute Gasteiger partial charge is 0.150 e. The molecule has 0 spiro atoms. The Morgan fingerprint density at radius 3 is 1.92 bits per heavy atom. The Balaban J connectivity index is 0.000000261. The van der Waals surface area contributed by atoms with Crippen LogP contribution in [0.1, 0.15) is 24.2 Å². The van der Waals surface area contributed by atoms with E-state index in [9.17, 15) is 4.79 Å². The molecule has 0 bridgehead atoms. The van der Waals surface area contributed by atoms with Gasteiger partial charge in [-0.25, -0.2) is 0 Å². The first-order chi connectivity index (χ1) is 5.66. The number of benzene rings is 1. The third-order valence-corrected chi connectivity index (χ3v) is 0.936. The van der Waals surface area contributed by atoms with Gasteiger partial charge >= 0.3 is 0 Å². The zero-order valence-corrected chi connectivity index (χ0v) is 7.58. The second kappa shape index (κ2) is 6.35. The van der Waals surface area contributed by atoms with E-state index in [1.807, 2.05) is 32.0 Å². The third kappa shape index (κ3) is 6.75. The van der Waals surface area contributed by atoms with Crippen LogP contribution in [0, 0.1) is 0 Å². The quantitative estimate of drug-likeness (QED) is 0.458. The molecule has 0 saturated heterocycles. The van der Waals surface area contributed by atoms with E-state index in [-0.39, 0.29) is 0 Å². The molecule has 1 heteroatoms. The van der Waals surface area contributed by atoms with Crippen molar-refractivity contribution in [2.24, 2.45) is 0 Å². The molecule has 1 rings (SSSR count). The fourth-order valence-electron chi connectivity index (χ4n) is 0.532. The summed E-state index contributed by atoms with van der Waals surface area (Å²) in [5.41, 5.74) is 1.90. The van der Waals surface area contributed by atoms with E-state index in [1.165, 1.54) is 5.57 Å². The normalized spacial score (nSPS) is 7.83. The largest absolute Gasteiger partial charge is 0.298 e. The zero-order chi connectivity index (χ0) is 9.40. The summed E-state index contributed by atoms with van der Waals surface area (Å²) >= 11 is 0. The zero-order valence-electron chi connectivity index (χ0n) is 7.58. The average Bonchev–Trinajstić information content (AvgIpc) is 2.05. The van der Waals surface area contributed by atoms with Crippen LogP contribution in [0.4, 0.5) is 0 Å². The highest BCUT2D eigenvalue weighted by Crippen LogP contribution is 1.91. The fraction of sp³-hybridized carbons (Fsp3) is 0.182. The van der Waals surface area contributed by atoms with Crippen molar-refractivity contribution in [3.8, 4) is 0 Å². The Kier molecular flexibility index (Phi) is 5.62. The van der Waals surface area contributed by atoms with E-state index in [1.54, 1.807) is 12.1 Å². The lowest BCUT2D eigenvalue weighted by Crippen LogP contribution is -1.73. The van der Waals surface area contributed by atoms with Gasteiger partial charge in [0.1, 0.15) is 6.29 Å². The molecule has 0 unspecified atom stereocenters. The van der Waals surface area contributed by atoms with E-state index in [0.29, 0.717) is 0 Å². The maximum absolute atomic E-state index is 10.0. The minimum absolute atomic E-state index is 0.729. The number of rotatable bonds is 1. The molecule has 0 radical (unpaired) electrons. The Bertz CT molecular complexity index is 232. The minimum Gasteiger partial charge on any atom is -0.298 e. The first-order valence-corrected chi connectivity index (χ1v) is 3.79. The van der Waals surface area contributed by atoms with Gasteiger partial charge in [0.05, 0.1) is 0 Å². The summed E-state index contributed by atoms with van der Waals surface area (Å²) in [7, 11) is 0. The SMILES string of the molecule is C=C(C)C.O=Cc1ccccc1. The van der Waals surface area contributed by atoms with Gasteiger partial charge in [-0.15, -0.1) is 6.58 Å². The second-order valence-electron chi connectivity index (χ2n) is 2.74. The number of carbonyl (C=O) groups is 1. The molecule has 0 aromatic heterocycles. The fourth-order valence-corrected chi connectivity index (χ4v) is 0.532. The van der Waals surface area contributed by atoms with E-state index < -0.39 is 0 Å². The number of hydrogen-bond acceptors (Lipinski definition) is 1. The molecule has 0 aliphatic carbocycles. The molecule has 0 aliphatic heterocycles. The predicted octanol–water partition coefficient (Wildman–Crippen LogP) is 3.08. The molecular weight excluding hydrogens is 148 g/mol. The van der Waals surface area contributed by atoms with Gasteiger partial charge in [0, 0.05) is 5.56 Å². The van der Waals surface area contributed by atoms with E-state index >= 15 is 0 Å². The van der Waals surface area contributed by atoms with E-state index in [2.05, 4.69) is 6.58 Å². The van der Waals surface area contributed by atoms with Gasteiger partial charge in [-0.1, -0.05) is 35.9 Å². The molecule has 12 heavy (non-hydrogen) atoms. The monoisotopic (exact) mass is 162 g/mol. The van der Waals surface area contributed by atoms with Gasteiger partial charge in [0.25, 0.3) is 0 Å². The molecule has 1 aromatic rings. The van der Waals surface area contributed by atoms with Crippen LogP contribution < -0.4 is 0 Å². The highest BCUT2D eigenvalue weighted by atomic mass is 16.1. The first kappa shape index (κ1) is 10.6. The minimum atomic E-state index is 0.729. The van der Waals surface area contributed by atoms with Crippen molar-refractivity contribution in [3.63, 3.8) is 0 Å². The summed E-state index contributed by atoms with van der Waals surface area (Å²) in [6.45, 7) is 7.50. The van der Waals surface area contributed by atoms with Crippen molar-refractivity contribution in [3.05, 3.63) is 48.0 Å². The standard InChI is InChI=1S/C7H6O.C4H8/c8-6-7-4-2-1-3-5-7;1-4(2)3/h1-6H;1H2,2-3H3. The van der Waals surface area contributed by atoms with Crippen LogP contribution in [0.3, 0.4) is 0 Å². The highest BCUT2D eigenvalue weighted by Gasteiger charge is 1.79. The Morgan fingerprint density at radius 2 is 1.67 bits per heavy atom. The lowest BCUT2D eigenvalue weighted by Gasteiger charge is -1.81. The van der Waals surface area contributed by atoms with Crippen molar-refractivity contribution < 1.29 is 4.79 Å². The highest BCUT2D eigenvalue weighted by molar-refractivity contribution is 5.74. The van der Waals surface area contributed by atoms with Crippen LogP contribution in [0.5, 0.6) is 0 Å². The van der Waals surface area contributed by atoms with Crippen LogP contribution in [-0.4, -0.2) is 6.29 Å². The lowest BCUT2D eigenvalue weighted by molar-refractivity contribution is 0.112. The maximum Gasteiger partial charge on any atom is 0.150 e. The van der Waals surface area contributed by atoms with Crippen molar-refractivity contribution >= 4 is 6.29 Å². The number of carbonyl (C=O) groups excluding carboxylic acids is 1. The van der Waals surface area contributed by atoms with Crippen molar-refractivity contribution in [1.82, 2.24) is 0 Å². The molecule has 0 fully saturated rings. The second-order valence-corrected chi connectivity index (χ2v) is 2.74. The molecule has 0 heterocycles. The lowest BCUT2D eigenvalue weighted by atomic mass is 10.2. The molecule has 0 N–H and O–H groups in total. The molecule has 64 valence electrons. The summed E-state index contributed by atoms with van der Waals surface area (Å²) in [5.74, 6) is 0. The van der Waals surface area contributed by atoms with Crippen LogP contribution in [0.15, 0.2) is 42.5 Å². The van der Waals surface area contributed by atoms with Gasteiger partial charge in [-0.3, -0.25) is 4.79 Å². The average molecular weight is 162 g/mol. The Labute approximate surface area is 73.7 Å². The number of aldehydes is 1. The van der Waals surface area contributed by atoms with Crippen LogP contribution in [0.2, 0.25) is 0 Å². The third-order valence-electron chi connectivity index (χ3n) is 0.936. The molecule has 1 nitrogen and oxygen atoms in total. The summed E-state index contributed by atoms with van der Waals surface area (Å²) in [6, 6.07) is 9.10. The Morgan fingerprint density at radius 1 is 1.25 bits per heavy atom. The summed E-state index contributed by atoms with van der Waals surface area (Å²) in [6.07, 6.45) is 0.833. The topological polar surface area (TPSA) is 17.1 Å². The van der Waals surface area contributed by atoms with Gasteiger partial charge in [0.15, 0.2) is 0 Å². The summed E-state index contributed by atoms with van der Waals surface area (Å²) < 4.78 is 0. The van der Waals surface area contributed by atoms with Gasteiger partial charge in [-0.2, -0.15) is 0 Å². The van der Waals surface area contributed by atoms with Crippen LogP contribution >= 0.6 is 0 Å². The molecule has 0 saturated carbocycles. The first-order valence-electron chi connectivity index (χ1n) is 3.79. The number of hydrogen-bond donors (Lipinski definition) is 0. The van der Waals surface area contributed by atoms with E-state index in [4.69, 9.17) is 0 Å². The summed E-state index contributed by atoms with van der Waals surface area (Å²) in [5, 5.41) is 0. The number of allylic oxidation sites excluding steroid dienone is 1. The van der Waals surface area contributed by atoms with Crippen molar-refractivity contribution in [1.29, 1.82) is 0 Å². The van der Waals surface area contributed by atoms with Gasteiger partial charge in [0.2, 0.25) is 0 Å². The molecular formula is C11H14O. The van der Waals surface area contributed by atoms with Gasteiger partial charge in [-0.05, 0) is 13.8 Å². The Hall–Kier alpha value is -1.37. The molecule has 1 aromatic carbocycles. The predicted molar refractivity (Wildman–Crippen MR) is 52.3 cm³/mol. The molecule has 0 atom stereocenters. The summed E-state index contributed by atoms with van der Waals surface area (Å²) in [4.78, 5) is 10.0. The van der Waals surface area contributed by atoms with Gasteiger partial charge < -0.3 is 0 Å². The van der Waals surface area contributed by atoms with Crippen molar-refractivity contribution in [2.75, 3.05) is 0 Å². The molecule has 0 aliphatic rings. The van der Waals surface area contributed by atoms with E-state index in [0.717, 1.165) is 11.8 Å². The maximum atomic E-state index is 10.0.